The Labute approximate surface area is 112 Å². The van der Waals surface area contributed by atoms with Crippen molar-refractivity contribution in [2.75, 3.05) is 38.6 Å². The molecule has 1 aromatic carbocycles. The van der Waals surface area contributed by atoms with Gasteiger partial charge >= 0.3 is 0 Å². The van der Waals surface area contributed by atoms with Gasteiger partial charge in [0, 0.05) is 20.1 Å². The molecule has 1 aliphatic rings. The Morgan fingerprint density at radius 3 is 2.47 bits per heavy atom. The van der Waals surface area contributed by atoms with Crippen LogP contribution in [0, 0.1) is 17.6 Å². The average Bonchev–Trinajstić information content (AvgIpc) is 2.73. The zero-order valence-electron chi connectivity index (χ0n) is 11.4. The van der Waals surface area contributed by atoms with E-state index in [1.54, 1.807) is 11.9 Å². The normalized spacial score (nSPS) is 19.9. The molecule has 5 heteroatoms. The van der Waals surface area contributed by atoms with Crippen molar-refractivity contribution in [1.29, 1.82) is 0 Å². The van der Waals surface area contributed by atoms with Gasteiger partial charge in [0.05, 0.1) is 6.61 Å². The van der Waals surface area contributed by atoms with Gasteiger partial charge in [-0.15, -0.1) is 0 Å². The fraction of sp³-hybridized carbons (Fsp3) is 0.571. The van der Waals surface area contributed by atoms with Gasteiger partial charge in [-0.25, -0.2) is 8.78 Å². The Bertz CT molecular complexity index is 430. The number of anilines is 1. The van der Waals surface area contributed by atoms with Crippen molar-refractivity contribution in [3.63, 3.8) is 0 Å². The third-order valence-electron chi connectivity index (χ3n) is 3.66. The van der Waals surface area contributed by atoms with Gasteiger partial charge in [0.25, 0.3) is 0 Å². The first-order valence-corrected chi connectivity index (χ1v) is 6.49. The van der Waals surface area contributed by atoms with Crippen molar-refractivity contribution in [1.82, 2.24) is 4.90 Å². The first kappa shape index (κ1) is 14.2. The summed E-state index contributed by atoms with van der Waals surface area (Å²) in [6.07, 6.45) is 1.05. The maximum Gasteiger partial charge on any atom is 0.149 e. The van der Waals surface area contributed by atoms with Gasteiger partial charge in [-0.1, -0.05) is 0 Å². The van der Waals surface area contributed by atoms with Crippen LogP contribution < -0.4 is 4.90 Å². The van der Waals surface area contributed by atoms with E-state index in [-0.39, 0.29) is 17.9 Å². The molecule has 3 nitrogen and oxygen atoms in total. The van der Waals surface area contributed by atoms with Crippen LogP contribution >= 0.6 is 0 Å². The zero-order valence-corrected chi connectivity index (χ0v) is 11.4. The lowest BCUT2D eigenvalue weighted by molar-refractivity contribution is 0.280. The van der Waals surface area contributed by atoms with E-state index in [9.17, 15) is 8.78 Å². The van der Waals surface area contributed by atoms with E-state index in [2.05, 4.69) is 11.9 Å². The van der Waals surface area contributed by atoms with Crippen LogP contribution in [0.1, 0.15) is 12.0 Å². The number of halogens is 2. The molecule has 0 amide bonds. The third kappa shape index (κ3) is 3.22. The Morgan fingerprint density at radius 2 is 2.00 bits per heavy atom. The van der Waals surface area contributed by atoms with Crippen LogP contribution in [0.3, 0.4) is 0 Å². The smallest absolute Gasteiger partial charge is 0.149 e. The molecule has 106 valence electrons. The molecule has 1 fully saturated rings. The summed E-state index contributed by atoms with van der Waals surface area (Å²) in [7, 11) is 3.76. The number of aliphatic hydroxyl groups excluding tert-OH is 1. The first-order chi connectivity index (χ1) is 9.01. The molecule has 0 saturated carbocycles. The van der Waals surface area contributed by atoms with Crippen LogP contribution in [0.2, 0.25) is 0 Å². The Hall–Kier alpha value is -1.20. The van der Waals surface area contributed by atoms with E-state index in [1.807, 2.05) is 0 Å². The summed E-state index contributed by atoms with van der Waals surface area (Å²) in [5, 5.41) is 8.92. The molecule has 1 heterocycles. The van der Waals surface area contributed by atoms with Crippen molar-refractivity contribution < 1.29 is 13.9 Å². The second-order valence-electron chi connectivity index (χ2n) is 5.36. The molecule has 1 aromatic rings. The van der Waals surface area contributed by atoms with Crippen LogP contribution in [0.15, 0.2) is 12.1 Å². The minimum absolute atomic E-state index is 0.00764. The number of rotatable bonds is 4. The molecule has 2 rings (SSSR count). The topological polar surface area (TPSA) is 26.7 Å². The fourth-order valence-corrected chi connectivity index (χ4v) is 2.73. The maximum atomic E-state index is 13.9. The van der Waals surface area contributed by atoms with Gasteiger partial charge in [0.2, 0.25) is 0 Å². The lowest BCUT2D eigenvalue weighted by Crippen LogP contribution is -2.28. The number of hydrogen-bond donors (Lipinski definition) is 1. The van der Waals surface area contributed by atoms with E-state index in [4.69, 9.17) is 5.11 Å². The molecule has 0 spiro atoms. The Kier molecular flexibility index (Phi) is 4.37. The predicted molar refractivity (Wildman–Crippen MR) is 71.2 cm³/mol. The van der Waals surface area contributed by atoms with Crippen LogP contribution in [-0.2, 0) is 6.61 Å². The van der Waals surface area contributed by atoms with Crippen LogP contribution in [-0.4, -0.2) is 43.7 Å². The van der Waals surface area contributed by atoms with Crippen molar-refractivity contribution in [2.45, 2.75) is 13.0 Å². The predicted octanol–water partition coefficient (Wildman–Crippen LogP) is 1.84. The minimum Gasteiger partial charge on any atom is -0.392 e. The summed E-state index contributed by atoms with van der Waals surface area (Å²) in [5.41, 5.74) is 0.250. The monoisotopic (exact) mass is 270 g/mol. The van der Waals surface area contributed by atoms with E-state index >= 15 is 0 Å². The zero-order chi connectivity index (χ0) is 14.0. The summed E-state index contributed by atoms with van der Waals surface area (Å²) in [5.74, 6) is -0.790. The van der Waals surface area contributed by atoms with Gasteiger partial charge < -0.3 is 14.9 Å². The molecular formula is C14H20F2N2O. The highest BCUT2D eigenvalue weighted by atomic mass is 19.1. The summed E-state index contributed by atoms with van der Waals surface area (Å²) >= 11 is 0. The molecule has 1 N–H and O–H groups in total. The number of aliphatic hydroxyl groups is 1. The van der Waals surface area contributed by atoms with Gasteiger partial charge in [-0.3, -0.25) is 0 Å². The number of benzene rings is 1. The van der Waals surface area contributed by atoms with Gasteiger partial charge in [-0.05, 0) is 43.6 Å². The lowest BCUT2D eigenvalue weighted by atomic mass is 10.1. The molecular weight excluding hydrogens is 250 g/mol. The molecule has 1 atom stereocenters. The molecule has 0 bridgehead atoms. The van der Waals surface area contributed by atoms with Crippen LogP contribution in [0.5, 0.6) is 0 Å². The third-order valence-corrected chi connectivity index (χ3v) is 3.66. The SMILES string of the molecule is CN1CCC(CN(C)c2c(F)cc(CO)cc2F)C1. The Morgan fingerprint density at radius 1 is 1.37 bits per heavy atom. The minimum atomic E-state index is -0.613. The maximum absolute atomic E-state index is 13.9. The van der Waals surface area contributed by atoms with E-state index in [0.717, 1.165) is 19.5 Å². The largest absolute Gasteiger partial charge is 0.392 e. The van der Waals surface area contributed by atoms with Crippen molar-refractivity contribution in [2.24, 2.45) is 5.92 Å². The lowest BCUT2D eigenvalue weighted by Gasteiger charge is -2.24. The van der Waals surface area contributed by atoms with E-state index in [0.29, 0.717) is 12.5 Å². The quantitative estimate of drug-likeness (QED) is 0.904. The first-order valence-electron chi connectivity index (χ1n) is 6.49. The van der Waals surface area contributed by atoms with Gasteiger partial charge in [0.15, 0.2) is 0 Å². The molecule has 19 heavy (non-hydrogen) atoms. The molecule has 0 radical (unpaired) electrons. The molecule has 0 aliphatic carbocycles. The summed E-state index contributed by atoms with van der Waals surface area (Å²) < 4.78 is 27.8. The van der Waals surface area contributed by atoms with Crippen molar-refractivity contribution in [3.8, 4) is 0 Å². The van der Waals surface area contributed by atoms with Crippen LogP contribution in [0.25, 0.3) is 0 Å². The molecule has 1 unspecified atom stereocenters. The average molecular weight is 270 g/mol. The molecule has 1 aliphatic heterocycles. The Balaban J connectivity index is 2.12. The number of hydrogen-bond acceptors (Lipinski definition) is 3. The fourth-order valence-electron chi connectivity index (χ4n) is 2.73. The van der Waals surface area contributed by atoms with Gasteiger partial charge in [0.1, 0.15) is 17.3 Å². The highest BCUT2D eigenvalue weighted by molar-refractivity contribution is 5.50. The highest BCUT2D eigenvalue weighted by Crippen LogP contribution is 2.26. The van der Waals surface area contributed by atoms with Gasteiger partial charge in [-0.2, -0.15) is 0 Å². The number of likely N-dealkylation sites (tertiary alicyclic amines) is 1. The standard InChI is InChI=1S/C14H20F2N2O/c1-17-4-3-10(7-17)8-18(2)14-12(15)5-11(9-19)6-13(14)16/h5-6,10,19H,3-4,7-9H2,1-2H3. The molecule has 1 saturated heterocycles. The summed E-state index contributed by atoms with van der Waals surface area (Å²) in [4.78, 5) is 3.86. The highest BCUT2D eigenvalue weighted by Gasteiger charge is 2.23. The summed E-state index contributed by atoms with van der Waals surface area (Å²) in [6, 6.07) is 2.38. The second kappa shape index (κ2) is 5.84. The van der Waals surface area contributed by atoms with Crippen LogP contribution in [0.4, 0.5) is 14.5 Å². The summed E-state index contributed by atoms with van der Waals surface area (Å²) in [6.45, 7) is 2.27. The van der Waals surface area contributed by atoms with Crippen molar-refractivity contribution in [3.05, 3.63) is 29.3 Å². The van der Waals surface area contributed by atoms with E-state index < -0.39 is 11.6 Å². The number of nitrogens with zero attached hydrogens (tertiary/aromatic N) is 2. The second-order valence-corrected chi connectivity index (χ2v) is 5.36. The van der Waals surface area contributed by atoms with Crippen molar-refractivity contribution >= 4 is 5.69 Å². The van der Waals surface area contributed by atoms with E-state index in [1.165, 1.54) is 12.1 Å². The molecule has 0 aromatic heterocycles.